The molecule has 1 saturated heterocycles. The molecule has 0 aliphatic carbocycles. The van der Waals surface area contributed by atoms with Crippen LogP contribution in [0.15, 0.2) is 42.5 Å². The fourth-order valence-corrected chi connectivity index (χ4v) is 3.10. The van der Waals surface area contributed by atoms with Crippen molar-refractivity contribution in [2.24, 2.45) is 5.92 Å². The van der Waals surface area contributed by atoms with E-state index in [0.717, 1.165) is 31.6 Å². The van der Waals surface area contributed by atoms with Crippen LogP contribution < -0.4 is 10.2 Å². The van der Waals surface area contributed by atoms with Crippen molar-refractivity contribution in [1.82, 2.24) is 15.5 Å². The van der Waals surface area contributed by atoms with Gasteiger partial charge in [-0.1, -0.05) is 41.9 Å². The molecule has 0 spiro atoms. The van der Waals surface area contributed by atoms with Gasteiger partial charge in [-0.3, -0.25) is 4.79 Å². The van der Waals surface area contributed by atoms with Gasteiger partial charge in [0, 0.05) is 19.6 Å². The van der Waals surface area contributed by atoms with Crippen LogP contribution in [0.5, 0.6) is 0 Å². The van der Waals surface area contributed by atoms with E-state index in [1.165, 1.54) is 5.56 Å². The predicted molar refractivity (Wildman–Crippen MR) is 95.1 cm³/mol. The fourth-order valence-electron chi connectivity index (χ4n) is 3.00. The Hall–Kier alpha value is -2.14. The first-order valence-corrected chi connectivity index (χ1v) is 8.66. The Morgan fingerprint density at radius 2 is 2.04 bits per heavy atom. The van der Waals surface area contributed by atoms with Crippen molar-refractivity contribution in [2.45, 2.75) is 19.3 Å². The topological polar surface area (TPSA) is 58.1 Å². The van der Waals surface area contributed by atoms with Crippen LogP contribution in [0, 0.1) is 5.92 Å². The zero-order valence-corrected chi connectivity index (χ0v) is 14.2. The molecule has 126 valence electrons. The molecule has 0 unspecified atom stereocenters. The summed E-state index contributed by atoms with van der Waals surface area (Å²) in [5.74, 6) is 0.894. The minimum absolute atomic E-state index is 0.00741. The van der Waals surface area contributed by atoms with Crippen molar-refractivity contribution in [3.05, 3.63) is 53.2 Å². The monoisotopic (exact) mass is 344 g/mol. The average Bonchev–Trinajstić information content (AvgIpc) is 2.63. The van der Waals surface area contributed by atoms with Gasteiger partial charge in [0.25, 0.3) is 0 Å². The highest BCUT2D eigenvalue weighted by Gasteiger charge is 2.26. The first kappa shape index (κ1) is 16.7. The van der Waals surface area contributed by atoms with Crippen LogP contribution in [-0.2, 0) is 11.2 Å². The number of benzene rings is 1. The lowest BCUT2D eigenvalue weighted by Gasteiger charge is -2.32. The fraction of sp³-hybridized carbons (Fsp3) is 0.389. The summed E-state index contributed by atoms with van der Waals surface area (Å²) >= 11 is 5.78. The zero-order chi connectivity index (χ0) is 16.8. The van der Waals surface area contributed by atoms with E-state index in [1.54, 1.807) is 6.07 Å². The van der Waals surface area contributed by atoms with Crippen LogP contribution in [0.4, 0.5) is 5.82 Å². The number of rotatable bonds is 5. The van der Waals surface area contributed by atoms with Gasteiger partial charge in [0.1, 0.15) is 0 Å². The van der Waals surface area contributed by atoms with E-state index in [2.05, 4.69) is 32.5 Å². The molecular weight excluding hydrogens is 324 g/mol. The molecule has 2 heterocycles. The highest BCUT2D eigenvalue weighted by atomic mass is 35.5. The van der Waals surface area contributed by atoms with Crippen molar-refractivity contribution in [3.63, 3.8) is 0 Å². The standard InChI is InChI=1S/C18H21ClN4O/c19-16-8-9-17(22-21-16)23-12-4-7-15(13-23)18(24)20-11-10-14-5-2-1-3-6-14/h1-3,5-6,8-9,15H,4,7,10-13H2,(H,20,24)/t15-/m0/s1. The first-order chi connectivity index (χ1) is 11.7. The van der Waals surface area contributed by atoms with Gasteiger partial charge in [0.05, 0.1) is 5.92 Å². The van der Waals surface area contributed by atoms with Crippen molar-refractivity contribution in [3.8, 4) is 0 Å². The van der Waals surface area contributed by atoms with Crippen molar-refractivity contribution in [2.75, 3.05) is 24.5 Å². The van der Waals surface area contributed by atoms with E-state index in [9.17, 15) is 4.79 Å². The van der Waals surface area contributed by atoms with Crippen molar-refractivity contribution >= 4 is 23.3 Å². The summed E-state index contributed by atoms with van der Waals surface area (Å²) in [7, 11) is 0. The average molecular weight is 345 g/mol. The van der Waals surface area contributed by atoms with Crippen LogP contribution in [0.3, 0.4) is 0 Å². The molecule has 6 heteroatoms. The van der Waals surface area contributed by atoms with Crippen LogP contribution in [-0.4, -0.2) is 35.7 Å². The molecule has 5 nitrogen and oxygen atoms in total. The quantitative estimate of drug-likeness (QED) is 0.906. The van der Waals surface area contributed by atoms with E-state index >= 15 is 0 Å². The van der Waals surface area contributed by atoms with Gasteiger partial charge in [-0.2, -0.15) is 0 Å². The first-order valence-electron chi connectivity index (χ1n) is 8.28. The molecule has 0 saturated carbocycles. The minimum Gasteiger partial charge on any atom is -0.355 e. The maximum absolute atomic E-state index is 12.4. The van der Waals surface area contributed by atoms with Gasteiger partial charge < -0.3 is 10.2 Å². The molecule has 1 N–H and O–H groups in total. The Morgan fingerprint density at radius 3 is 2.79 bits per heavy atom. The Bertz CT molecular complexity index is 662. The van der Waals surface area contributed by atoms with E-state index < -0.39 is 0 Å². The third kappa shape index (κ3) is 4.45. The molecule has 1 aromatic carbocycles. The van der Waals surface area contributed by atoms with E-state index in [-0.39, 0.29) is 11.8 Å². The minimum atomic E-state index is -0.00741. The predicted octanol–water partition coefficient (Wildman–Crippen LogP) is 2.71. The number of anilines is 1. The molecule has 2 aromatic rings. The Balaban J connectivity index is 1.50. The highest BCUT2D eigenvalue weighted by Crippen LogP contribution is 2.21. The molecule has 1 fully saturated rings. The van der Waals surface area contributed by atoms with E-state index in [0.29, 0.717) is 18.2 Å². The molecule has 1 aromatic heterocycles. The molecule has 1 atom stereocenters. The zero-order valence-electron chi connectivity index (χ0n) is 13.5. The van der Waals surface area contributed by atoms with Gasteiger partial charge in [0.2, 0.25) is 5.91 Å². The van der Waals surface area contributed by atoms with Gasteiger partial charge in [-0.05, 0) is 37.0 Å². The van der Waals surface area contributed by atoms with Crippen LogP contribution >= 0.6 is 11.6 Å². The highest BCUT2D eigenvalue weighted by molar-refractivity contribution is 6.29. The van der Waals surface area contributed by atoms with Crippen LogP contribution in [0.1, 0.15) is 18.4 Å². The van der Waals surface area contributed by atoms with Crippen molar-refractivity contribution < 1.29 is 4.79 Å². The molecule has 24 heavy (non-hydrogen) atoms. The molecule has 3 rings (SSSR count). The summed E-state index contributed by atoms with van der Waals surface area (Å²) in [6, 6.07) is 13.8. The molecule has 0 radical (unpaired) electrons. The van der Waals surface area contributed by atoms with Gasteiger partial charge in [-0.15, -0.1) is 10.2 Å². The van der Waals surface area contributed by atoms with Crippen molar-refractivity contribution in [1.29, 1.82) is 0 Å². The number of nitrogens with zero attached hydrogens (tertiary/aromatic N) is 3. The lowest BCUT2D eigenvalue weighted by molar-refractivity contribution is -0.125. The van der Waals surface area contributed by atoms with E-state index in [4.69, 9.17) is 11.6 Å². The maximum Gasteiger partial charge on any atom is 0.224 e. The molecule has 1 amide bonds. The summed E-state index contributed by atoms with van der Waals surface area (Å²) in [4.78, 5) is 14.5. The number of nitrogens with one attached hydrogen (secondary N) is 1. The van der Waals surface area contributed by atoms with Crippen LogP contribution in [0.2, 0.25) is 5.15 Å². The third-order valence-electron chi connectivity index (χ3n) is 4.29. The second kappa shape index (κ2) is 8.11. The number of amides is 1. The Morgan fingerprint density at radius 1 is 1.21 bits per heavy atom. The third-order valence-corrected chi connectivity index (χ3v) is 4.49. The second-order valence-electron chi connectivity index (χ2n) is 6.03. The van der Waals surface area contributed by atoms with Gasteiger partial charge >= 0.3 is 0 Å². The molecular formula is C18H21ClN4O. The molecule has 1 aliphatic heterocycles. The number of aromatic nitrogens is 2. The number of hydrogen-bond donors (Lipinski definition) is 1. The largest absolute Gasteiger partial charge is 0.355 e. The summed E-state index contributed by atoms with van der Waals surface area (Å²) in [5, 5.41) is 11.4. The number of hydrogen-bond acceptors (Lipinski definition) is 4. The Kier molecular flexibility index (Phi) is 5.64. The lowest BCUT2D eigenvalue weighted by Crippen LogP contribution is -2.43. The smallest absolute Gasteiger partial charge is 0.224 e. The van der Waals surface area contributed by atoms with E-state index in [1.807, 2.05) is 24.3 Å². The summed E-state index contributed by atoms with van der Waals surface area (Å²) in [6.45, 7) is 2.23. The van der Waals surface area contributed by atoms with Gasteiger partial charge in [0.15, 0.2) is 11.0 Å². The molecule has 0 bridgehead atoms. The maximum atomic E-state index is 12.4. The van der Waals surface area contributed by atoms with Crippen LogP contribution in [0.25, 0.3) is 0 Å². The number of piperidine rings is 1. The molecule has 1 aliphatic rings. The SMILES string of the molecule is O=C(NCCc1ccccc1)[C@H]1CCCN(c2ccc(Cl)nn2)C1. The number of carbonyl (C=O) groups is 1. The number of carbonyl (C=O) groups excluding carboxylic acids is 1. The summed E-state index contributed by atoms with van der Waals surface area (Å²) in [6.07, 6.45) is 2.74. The Labute approximate surface area is 147 Å². The van der Waals surface area contributed by atoms with Gasteiger partial charge in [-0.25, -0.2) is 0 Å². The number of halogens is 1. The summed E-state index contributed by atoms with van der Waals surface area (Å²) < 4.78 is 0. The summed E-state index contributed by atoms with van der Waals surface area (Å²) in [5.41, 5.74) is 1.24. The second-order valence-corrected chi connectivity index (χ2v) is 6.41. The lowest BCUT2D eigenvalue weighted by atomic mass is 9.97. The normalized spacial score (nSPS) is 17.5.